The van der Waals surface area contributed by atoms with Crippen molar-refractivity contribution >= 4 is 22.3 Å². The molecule has 0 atom stereocenters. The molecule has 200 valence electrons. The predicted octanol–water partition coefficient (Wildman–Crippen LogP) is 7.13. The Balaban J connectivity index is 1.67. The van der Waals surface area contributed by atoms with E-state index >= 15 is 0 Å². The molecule has 6 heteroatoms. The zero-order valence-corrected chi connectivity index (χ0v) is 23.5. The number of fused-ring (bicyclic) bond motifs is 1. The van der Waals surface area contributed by atoms with Gasteiger partial charge in [-0.1, -0.05) is 31.4 Å². The van der Waals surface area contributed by atoms with Gasteiger partial charge in [-0.15, -0.1) is 0 Å². The van der Waals surface area contributed by atoms with Crippen LogP contribution in [0.2, 0.25) is 0 Å². The van der Waals surface area contributed by atoms with Crippen molar-refractivity contribution in [1.82, 2.24) is 30.0 Å². The van der Waals surface area contributed by atoms with Crippen LogP contribution in [0.4, 0.5) is 0 Å². The molecule has 6 nitrogen and oxygen atoms in total. The van der Waals surface area contributed by atoms with Gasteiger partial charge in [0.25, 0.3) is 0 Å². The number of piperidine rings is 1. The third kappa shape index (κ3) is 6.25. The first-order chi connectivity index (χ1) is 18.4. The molecule has 0 unspecified atom stereocenters. The highest BCUT2D eigenvalue weighted by Crippen LogP contribution is 2.32. The number of likely N-dealkylation sites (tertiary alicyclic amines) is 1. The monoisotopic (exact) mass is 510 g/mol. The maximum atomic E-state index is 5.08. The summed E-state index contributed by atoms with van der Waals surface area (Å²) >= 11 is 0. The van der Waals surface area contributed by atoms with Crippen LogP contribution in [0, 0.1) is 6.92 Å². The second kappa shape index (κ2) is 12.7. The van der Waals surface area contributed by atoms with Gasteiger partial charge in [0.1, 0.15) is 11.2 Å². The van der Waals surface area contributed by atoms with E-state index in [0.29, 0.717) is 0 Å². The normalized spacial score (nSPS) is 15.5. The summed E-state index contributed by atoms with van der Waals surface area (Å²) in [5.41, 5.74) is 10.4. The van der Waals surface area contributed by atoms with E-state index in [1.54, 1.807) is 0 Å². The van der Waals surface area contributed by atoms with Crippen molar-refractivity contribution in [2.45, 2.75) is 46.0 Å². The Kier molecular flexibility index (Phi) is 9.19. The molecule has 0 aliphatic carbocycles. The Morgan fingerprint density at radius 2 is 1.95 bits per heavy atom. The molecule has 1 aliphatic heterocycles. The fraction of sp³-hybridized carbons (Fsp3) is 0.375. The number of rotatable bonds is 11. The molecule has 0 aromatic carbocycles. The second-order valence-corrected chi connectivity index (χ2v) is 10.3. The number of aryl methyl sites for hydroxylation is 1. The van der Waals surface area contributed by atoms with Gasteiger partial charge in [0.05, 0.1) is 16.9 Å². The van der Waals surface area contributed by atoms with E-state index in [4.69, 9.17) is 4.98 Å². The van der Waals surface area contributed by atoms with Crippen LogP contribution in [0.3, 0.4) is 0 Å². The van der Waals surface area contributed by atoms with E-state index in [1.165, 1.54) is 36.1 Å². The number of pyridine rings is 1. The third-order valence-electron chi connectivity index (χ3n) is 7.21. The highest BCUT2D eigenvalue weighted by molar-refractivity contribution is 5.91. The van der Waals surface area contributed by atoms with Crippen molar-refractivity contribution in [2.75, 3.05) is 33.7 Å². The van der Waals surface area contributed by atoms with Gasteiger partial charge in [-0.25, -0.2) is 4.98 Å². The van der Waals surface area contributed by atoms with Gasteiger partial charge in [0.15, 0.2) is 0 Å². The molecule has 4 heterocycles. The molecule has 0 saturated carbocycles. The molecule has 0 spiro atoms. The summed E-state index contributed by atoms with van der Waals surface area (Å²) in [4.78, 5) is 13.4. The topological polar surface area (TPSA) is 63.8 Å². The summed E-state index contributed by atoms with van der Waals surface area (Å²) in [5, 5.41) is 7.85. The van der Waals surface area contributed by atoms with Crippen LogP contribution in [0.5, 0.6) is 0 Å². The fourth-order valence-corrected chi connectivity index (χ4v) is 5.15. The van der Waals surface area contributed by atoms with Crippen LogP contribution in [0.1, 0.15) is 56.0 Å². The van der Waals surface area contributed by atoms with Gasteiger partial charge in [-0.2, -0.15) is 5.10 Å². The molecule has 1 saturated heterocycles. The molecule has 4 rings (SSSR count). The summed E-state index contributed by atoms with van der Waals surface area (Å²) < 4.78 is 0. The van der Waals surface area contributed by atoms with E-state index in [-0.39, 0.29) is 0 Å². The lowest BCUT2D eigenvalue weighted by atomic mass is 10.0. The molecular weight excluding hydrogens is 468 g/mol. The molecule has 3 aromatic rings. The molecule has 1 aliphatic rings. The summed E-state index contributed by atoms with van der Waals surface area (Å²) in [6.07, 6.45) is 16.1. The lowest BCUT2D eigenvalue weighted by Crippen LogP contribution is -2.28. The van der Waals surface area contributed by atoms with E-state index < -0.39 is 0 Å². The third-order valence-corrected chi connectivity index (χ3v) is 7.21. The molecule has 0 bridgehead atoms. The van der Waals surface area contributed by atoms with Gasteiger partial charge in [0.2, 0.25) is 0 Å². The highest BCUT2D eigenvalue weighted by Gasteiger charge is 2.20. The van der Waals surface area contributed by atoms with E-state index in [2.05, 4.69) is 103 Å². The fourth-order valence-electron chi connectivity index (χ4n) is 5.15. The van der Waals surface area contributed by atoms with Crippen LogP contribution in [0.25, 0.3) is 33.7 Å². The minimum atomic E-state index is 0.835. The standard InChI is InChI=1S/C32H42N6/c1-7-14-30(38-19-11-10-12-20-38)26-22-29(33-23(26)4)32-31-28(35-36-32)17-16-27(34-31)25(9-3)21-24(8-2)15-13-18-37(5)6/h7-9,14,16-17,21-22,33H,1-2,10-13,15,18-20H2,3-6H3,(H,35,36)/b24-21+,25-9+,30-14+. The summed E-state index contributed by atoms with van der Waals surface area (Å²) in [7, 11) is 4.21. The number of aromatic amines is 2. The first-order valence-corrected chi connectivity index (χ1v) is 13.7. The number of nitrogens with zero attached hydrogens (tertiary/aromatic N) is 4. The van der Waals surface area contributed by atoms with Gasteiger partial charge < -0.3 is 14.8 Å². The van der Waals surface area contributed by atoms with Crippen LogP contribution in [-0.2, 0) is 0 Å². The molecule has 2 N–H and O–H groups in total. The zero-order chi connectivity index (χ0) is 27.1. The van der Waals surface area contributed by atoms with Gasteiger partial charge >= 0.3 is 0 Å². The summed E-state index contributed by atoms with van der Waals surface area (Å²) in [6, 6.07) is 6.34. The Morgan fingerprint density at radius 1 is 1.16 bits per heavy atom. The van der Waals surface area contributed by atoms with Crippen molar-refractivity contribution in [2.24, 2.45) is 0 Å². The van der Waals surface area contributed by atoms with Crippen LogP contribution < -0.4 is 0 Å². The first kappa shape index (κ1) is 27.4. The van der Waals surface area contributed by atoms with Crippen LogP contribution in [-0.4, -0.2) is 63.7 Å². The average molecular weight is 511 g/mol. The van der Waals surface area contributed by atoms with E-state index in [0.717, 1.165) is 71.9 Å². The number of nitrogens with one attached hydrogen (secondary N) is 2. The molecule has 1 fully saturated rings. The molecular formula is C32H42N6. The largest absolute Gasteiger partial charge is 0.371 e. The van der Waals surface area contributed by atoms with Gasteiger partial charge in [-0.05, 0) is 108 Å². The highest BCUT2D eigenvalue weighted by atomic mass is 15.1. The molecule has 0 radical (unpaired) electrons. The number of allylic oxidation sites excluding steroid dienone is 7. The SMILES string of the molecule is C=C/C=C(\c1cc(-c2n[nH]c3ccc(C(/C=C(\C=C)CCCN(C)C)=C/C)nc23)[nH]c1C)N1CCCCC1. The minimum Gasteiger partial charge on any atom is -0.371 e. The summed E-state index contributed by atoms with van der Waals surface area (Å²) in [6.45, 7) is 15.4. The lowest BCUT2D eigenvalue weighted by molar-refractivity contribution is 0.326. The van der Waals surface area contributed by atoms with Crippen molar-refractivity contribution in [1.29, 1.82) is 0 Å². The Bertz CT molecular complexity index is 1360. The van der Waals surface area contributed by atoms with Crippen molar-refractivity contribution < 1.29 is 0 Å². The quantitative estimate of drug-likeness (QED) is 0.269. The maximum absolute atomic E-state index is 5.08. The smallest absolute Gasteiger partial charge is 0.135 e. The number of hydrogen-bond acceptors (Lipinski definition) is 4. The van der Waals surface area contributed by atoms with Crippen LogP contribution in [0.15, 0.2) is 67.3 Å². The minimum absolute atomic E-state index is 0.835. The average Bonchev–Trinajstić information content (AvgIpc) is 3.52. The van der Waals surface area contributed by atoms with Crippen molar-refractivity contribution in [3.63, 3.8) is 0 Å². The Labute approximate surface area is 227 Å². The Morgan fingerprint density at radius 3 is 2.63 bits per heavy atom. The predicted molar refractivity (Wildman–Crippen MR) is 162 cm³/mol. The van der Waals surface area contributed by atoms with Crippen LogP contribution >= 0.6 is 0 Å². The summed E-state index contributed by atoms with van der Waals surface area (Å²) in [5.74, 6) is 0. The maximum Gasteiger partial charge on any atom is 0.135 e. The van der Waals surface area contributed by atoms with Gasteiger partial charge in [-0.3, -0.25) is 5.10 Å². The number of aromatic nitrogens is 4. The van der Waals surface area contributed by atoms with Gasteiger partial charge in [0, 0.05) is 30.0 Å². The zero-order valence-electron chi connectivity index (χ0n) is 23.5. The van der Waals surface area contributed by atoms with Crippen molar-refractivity contribution in [3.8, 4) is 11.4 Å². The second-order valence-electron chi connectivity index (χ2n) is 10.3. The first-order valence-electron chi connectivity index (χ1n) is 13.7. The molecule has 0 amide bonds. The van der Waals surface area contributed by atoms with Crippen molar-refractivity contribution in [3.05, 3.63) is 84.3 Å². The molecule has 3 aromatic heterocycles. The Hall–Kier alpha value is -3.64. The number of H-pyrrole nitrogens is 2. The molecule has 38 heavy (non-hydrogen) atoms. The van der Waals surface area contributed by atoms with E-state index in [9.17, 15) is 0 Å². The lowest BCUT2D eigenvalue weighted by Gasteiger charge is -2.31. The number of hydrogen-bond donors (Lipinski definition) is 2. The van der Waals surface area contributed by atoms with E-state index in [1.807, 2.05) is 12.2 Å².